The van der Waals surface area contributed by atoms with E-state index in [1.807, 2.05) is 24.3 Å². The van der Waals surface area contributed by atoms with Crippen molar-refractivity contribution in [2.45, 2.75) is 13.3 Å². The molecule has 1 aliphatic rings. The number of benzene rings is 9. The van der Waals surface area contributed by atoms with E-state index in [4.69, 9.17) is 18.8 Å². The van der Waals surface area contributed by atoms with Crippen molar-refractivity contribution in [2.24, 2.45) is 9.98 Å². The van der Waals surface area contributed by atoms with Gasteiger partial charge in [-0.05, 0) is 100.0 Å². The molecule has 0 saturated carbocycles. The van der Waals surface area contributed by atoms with Gasteiger partial charge in [0.25, 0.3) is 0 Å². The molecule has 0 fully saturated rings. The maximum Gasteiger partial charge on any atom is 0.162 e. The SMILES string of the molecule is CC1=C(n2c3ccccc3c3cc(-c4ccccc4)ccc32)N=C(c2cccc3oc4ccc(-c5ccc(-c6cccc7oc8ccccc8c67)cc5)cc4c23)N=C(c2ccccc2)C1. The zero-order valence-corrected chi connectivity index (χ0v) is 35.5. The summed E-state index contributed by atoms with van der Waals surface area (Å²) in [4.78, 5) is 11.1. The lowest BCUT2D eigenvalue weighted by Gasteiger charge is -2.12. The van der Waals surface area contributed by atoms with Crippen molar-refractivity contribution in [1.82, 2.24) is 4.57 Å². The van der Waals surface area contributed by atoms with Crippen molar-refractivity contribution >= 4 is 83.1 Å². The van der Waals surface area contributed by atoms with Crippen LogP contribution in [-0.4, -0.2) is 16.1 Å². The highest BCUT2D eigenvalue weighted by atomic mass is 16.3. The molecule has 0 unspecified atom stereocenters. The van der Waals surface area contributed by atoms with E-state index in [1.54, 1.807) is 0 Å². The molecule has 0 amide bonds. The maximum absolute atomic E-state index is 6.62. The highest BCUT2D eigenvalue weighted by Gasteiger charge is 2.24. The number of aliphatic imine (C=N–C) groups is 2. The third kappa shape index (κ3) is 6.08. The van der Waals surface area contributed by atoms with Crippen molar-refractivity contribution in [3.05, 3.63) is 223 Å². The van der Waals surface area contributed by atoms with Gasteiger partial charge in [0.05, 0.1) is 16.7 Å². The molecule has 9 aromatic carbocycles. The topological polar surface area (TPSA) is 55.9 Å². The van der Waals surface area contributed by atoms with Crippen molar-refractivity contribution in [2.75, 3.05) is 0 Å². The lowest BCUT2D eigenvalue weighted by atomic mass is 9.96. The van der Waals surface area contributed by atoms with Crippen LogP contribution >= 0.6 is 0 Å². The lowest BCUT2D eigenvalue weighted by molar-refractivity contribution is 0.668. The Hall–Kier alpha value is -8.54. The van der Waals surface area contributed by atoms with E-state index >= 15 is 0 Å². The zero-order chi connectivity index (χ0) is 43.0. The van der Waals surface area contributed by atoms with E-state index in [0.717, 1.165) is 105 Å². The van der Waals surface area contributed by atoms with Gasteiger partial charge >= 0.3 is 0 Å². The number of hydrogen-bond acceptors (Lipinski definition) is 4. The first-order chi connectivity index (χ1) is 32.1. The third-order valence-electron chi connectivity index (χ3n) is 13.0. The Morgan fingerprint density at radius 2 is 0.923 bits per heavy atom. The van der Waals surface area contributed by atoms with Crippen molar-refractivity contribution in [1.29, 1.82) is 0 Å². The second-order valence-electron chi connectivity index (χ2n) is 16.9. The summed E-state index contributed by atoms with van der Waals surface area (Å²) in [5.41, 5.74) is 16.6. The van der Waals surface area contributed by atoms with Crippen molar-refractivity contribution < 1.29 is 8.83 Å². The Morgan fingerprint density at radius 3 is 1.69 bits per heavy atom. The minimum absolute atomic E-state index is 0.635. The summed E-state index contributed by atoms with van der Waals surface area (Å²) >= 11 is 0. The van der Waals surface area contributed by atoms with Gasteiger partial charge in [0.1, 0.15) is 28.2 Å². The van der Waals surface area contributed by atoms with Crippen molar-refractivity contribution in [3.63, 3.8) is 0 Å². The molecule has 65 heavy (non-hydrogen) atoms. The molecule has 0 saturated heterocycles. The van der Waals surface area contributed by atoms with Gasteiger partial charge in [0, 0.05) is 44.3 Å². The fraction of sp³-hybridized carbons (Fsp3) is 0.0333. The second kappa shape index (κ2) is 14.8. The molecule has 3 aromatic heterocycles. The van der Waals surface area contributed by atoms with E-state index in [1.165, 1.54) is 21.9 Å². The van der Waals surface area contributed by atoms with Gasteiger partial charge in [-0.15, -0.1) is 0 Å². The lowest BCUT2D eigenvalue weighted by Crippen LogP contribution is -2.06. The van der Waals surface area contributed by atoms with E-state index in [0.29, 0.717) is 12.3 Å². The average molecular weight is 834 g/mol. The van der Waals surface area contributed by atoms with Crippen molar-refractivity contribution in [3.8, 4) is 33.4 Å². The van der Waals surface area contributed by atoms with E-state index < -0.39 is 0 Å². The average Bonchev–Trinajstić information content (AvgIpc) is 4.01. The first-order valence-electron chi connectivity index (χ1n) is 22.1. The van der Waals surface area contributed by atoms with E-state index in [-0.39, 0.29) is 0 Å². The Kier molecular flexibility index (Phi) is 8.43. The fourth-order valence-corrected chi connectivity index (χ4v) is 9.94. The summed E-state index contributed by atoms with van der Waals surface area (Å²) in [6.45, 7) is 2.20. The van der Waals surface area contributed by atoms with Gasteiger partial charge in [-0.1, -0.05) is 158 Å². The van der Waals surface area contributed by atoms with Gasteiger partial charge in [0.2, 0.25) is 0 Å². The largest absolute Gasteiger partial charge is 0.456 e. The molecule has 4 heterocycles. The number of amidine groups is 1. The number of hydrogen-bond donors (Lipinski definition) is 0. The Morgan fingerprint density at radius 1 is 0.385 bits per heavy atom. The van der Waals surface area contributed by atoms with Gasteiger partial charge in [-0.3, -0.25) is 4.57 Å². The molecule has 0 bridgehead atoms. The number of fused-ring (bicyclic) bond motifs is 9. The third-order valence-corrected chi connectivity index (χ3v) is 13.0. The van der Waals surface area contributed by atoms with Crippen LogP contribution in [-0.2, 0) is 0 Å². The van der Waals surface area contributed by atoms with Crippen LogP contribution in [0.1, 0.15) is 24.5 Å². The minimum Gasteiger partial charge on any atom is -0.456 e. The number of aromatic nitrogens is 1. The highest BCUT2D eigenvalue weighted by molar-refractivity contribution is 6.24. The normalized spacial score (nSPS) is 13.4. The Labute approximate surface area is 374 Å². The molecule has 0 aliphatic carbocycles. The molecule has 5 nitrogen and oxygen atoms in total. The van der Waals surface area contributed by atoms with Crippen LogP contribution in [0.2, 0.25) is 0 Å². The predicted octanol–water partition coefficient (Wildman–Crippen LogP) is 16.1. The summed E-state index contributed by atoms with van der Waals surface area (Å²) in [5.74, 6) is 1.52. The molecule has 0 spiro atoms. The highest BCUT2D eigenvalue weighted by Crippen LogP contribution is 2.41. The molecule has 306 valence electrons. The van der Waals surface area contributed by atoms with Gasteiger partial charge < -0.3 is 8.83 Å². The smallest absolute Gasteiger partial charge is 0.162 e. The van der Waals surface area contributed by atoms with Crippen LogP contribution in [0.3, 0.4) is 0 Å². The molecule has 12 aromatic rings. The van der Waals surface area contributed by atoms with E-state index in [9.17, 15) is 0 Å². The zero-order valence-electron chi connectivity index (χ0n) is 35.5. The number of nitrogens with zero attached hydrogens (tertiary/aromatic N) is 3. The summed E-state index contributed by atoms with van der Waals surface area (Å²) < 4.78 is 15.2. The molecule has 0 N–H and O–H groups in total. The van der Waals surface area contributed by atoms with Gasteiger partial charge in [-0.25, -0.2) is 9.98 Å². The molecule has 5 heteroatoms. The molecule has 0 radical (unpaired) electrons. The number of para-hydroxylation sites is 2. The van der Waals surface area contributed by atoms with Gasteiger partial charge in [0.15, 0.2) is 5.84 Å². The number of allylic oxidation sites excluding steroid dienone is 1. The van der Waals surface area contributed by atoms with Gasteiger partial charge in [-0.2, -0.15) is 0 Å². The summed E-state index contributed by atoms with van der Waals surface area (Å²) in [7, 11) is 0. The fourth-order valence-electron chi connectivity index (χ4n) is 9.94. The first kappa shape index (κ1) is 37.1. The maximum atomic E-state index is 6.62. The first-order valence-corrected chi connectivity index (χ1v) is 22.1. The number of furan rings is 2. The Bertz CT molecular complexity index is 3960. The molecular formula is C60H39N3O2. The van der Waals surface area contributed by atoms with Crippen LogP contribution < -0.4 is 0 Å². The standard InChI is InChI=1S/C60H39N3O2/c1-37-34-50(41-16-6-3-7-17-41)61-59(62-60(37)63-51-22-10-8-18-45(51)48-35-42(30-32-52(48)63)38-14-4-2-5-15-38)47-21-13-25-56-58(47)49-36-43(31-33-54(49)65-56)39-26-28-40(29-27-39)44-20-12-24-55-57(44)46-19-9-11-23-53(46)64-55/h2-33,35-36H,34H2,1H3. The van der Waals surface area contributed by atoms with Crippen LogP contribution in [0.5, 0.6) is 0 Å². The predicted molar refractivity (Wildman–Crippen MR) is 270 cm³/mol. The number of rotatable bonds is 6. The van der Waals surface area contributed by atoms with Crippen LogP contribution in [0.4, 0.5) is 0 Å². The molecule has 0 atom stereocenters. The van der Waals surface area contributed by atoms with Crippen LogP contribution in [0.15, 0.2) is 231 Å². The molecular weight excluding hydrogens is 795 g/mol. The monoisotopic (exact) mass is 833 g/mol. The second-order valence-corrected chi connectivity index (χ2v) is 16.9. The quantitative estimate of drug-likeness (QED) is 0.168. The summed E-state index contributed by atoms with van der Waals surface area (Å²) in [6, 6.07) is 72.6. The minimum atomic E-state index is 0.635. The van der Waals surface area contributed by atoms with Crippen LogP contribution in [0.25, 0.3) is 105 Å². The van der Waals surface area contributed by atoms with E-state index in [2.05, 4.69) is 193 Å². The Balaban J connectivity index is 0.969. The summed E-state index contributed by atoms with van der Waals surface area (Å²) in [5, 5.41) is 6.63. The molecule has 13 rings (SSSR count). The van der Waals surface area contributed by atoms with Crippen LogP contribution in [0, 0.1) is 0 Å². The molecule has 1 aliphatic heterocycles. The summed E-state index contributed by atoms with van der Waals surface area (Å²) in [6.07, 6.45) is 0.635.